The SMILES string of the molecule is CCCCCCCCC(CCCCNCc1ccccc1)C(OC)(OC)OC. The molecule has 0 aliphatic heterocycles. The van der Waals surface area contributed by atoms with Gasteiger partial charge in [0.25, 0.3) is 5.97 Å². The quantitative estimate of drug-likeness (QED) is 0.249. The Morgan fingerprint density at radius 2 is 1.36 bits per heavy atom. The third-order valence-electron chi connectivity index (χ3n) is 5.59. The molecule has 0 amide bonds. The normalized spacial score (nSPS) is 13.0. The van der Waals surface area contributed by atoms with Gasteiger partial charge < -0.3 is 19.5 Å². The first-order valence-electron chi connectivity index (χ1n) is 11.1. The van der Waals surface area contributed by atoms with Crippen LogP contribution in [0.3, 0.4) is 0 Å². The number of rotatable bonds is 18. The van der Waals surface area contributed by atoms with E-state index in [0.29, 0.717) is 0 Å². The summed E-state index contributed by atoms with van der Waals surface area (Å²) in [5, 5.41) is 3.53. The summed E-state index contributed by atoms with van der Waals surface area (Å²) < 4.78 is 17.0. The van der Waals surface area contributed by atoms with Crippen LogP contribution in [0.25, 0.3) is 0 Å². The van der Waals surface area contributed by atoms with Gasteiger partial charge in [-0.2, -0.15) is 0 Å². The predicted molar refractivity (Wildman–Crippen MR) is 117 cm³/mol. The molecule has 0 fully saturated rings. The second-order valence-electron chi connectivity index (χ2n) is 7.63. The average molecular weight is 394 g/mol. The number of hydrogen-bond donors (Lipinski definition) is 1. The van der Waals surface area contributed by atoms with Gasteiger partial charge in [0, 0.05) is 33.8 Å². The Balaban J connectivity index is 2.35. The lowest BCUT2D eigenvalue weighted by molar-refractivity contribution is -0.380. The van der Waals surface area contributed by atoms with Crippen LogP contribution < -0.4 is 5.32 Å². The third kappa shape index (κ3) is 9.51. The number of hydrogen-bond acceptors (Lipinski definition) is 4. The fourth-order valence-electron chi connectivity index (χ4n) is 3.89. The molecule has 1 unspecified atom stereocenters. The van der Waals surface area contributed by atoms with Crippen molar-refractivity contribution in [1.82, 2.24) is 5.32 Å². The Labute approximate surface area is 173 Å². The van der Waals surface area contributed by atoms with Crippen LogP contribution in [0.4, 0.5) is 0 Å². The molecule has 0 spiro atoms. The van der Waals surface area contributed by atoms with Crippen molar-refractivity contribution in [2.24, 2.45) is 5.92 Å². The van der Waals surface area contributed by atoms with Crippen LogP contribution in [0.2, 0.25) is 0 Å². The highest BCUT2D eigenvalue weighted by molar-refractivity contribution is 5.14. The molecular weight excluding hydrogens is 350 g/mol. The largest absolute Gasteiger partial charge is 0.331 e. The van der Waals surface area contributed by atoms with Crippen LogP contribution in [0, 0.1) is 5.92 Å². The zero-order valence-corrected chi connectivity index (χ0v) is 18.7. The molecule has 0 saturated heterocycles. The van der Waals surface area contributed by atoms with Gasteiger partial charge in [0.15, 0.2) is 0 Å². The minimum Gasteiger partial charge on any atom is -0.331 e. The van der Waals surface area contributed by atoms with Crippen molar-refractivity contribution in [3.05, 3.63) is 35.9 Å². The molecule has 1 N–H and O–H groups in total. The summed E-state index contributed by atoms with van der Waals surface area (Å²) in [6, 6.07) is 10.6. The molecule has 0 bridgehead atoms. The standard InChI is InChI=1S/C24H43NO3/c1-5-6-7-8-9-13-18-23(24(26-2,27-3)28-4)19-14-15-20-25-21-22-16-11-10-12-17-22/h10-12,16-17,23,25H,5-9,13-15,18-21H2,1-4H3. The summed E-state index contributed by atoms with van der Waals surface area (Å²) in [6.45, 7) is 4.22. The van der Waals surface area contributed by atoms with Crippen molar-refractivity contribution in [2.75, 3.05) is 27.9 Å². The molecule has 162 valence electrons. The lowest BCUT2D eigenvalue weighted by Crippen LogP contribution is -2.44. The van der Waals surface area contributed by atoms with Crippen molar-refractivity contribution >= 4 is 0 Å². The molecule has 0 aromatic heterocycles. The minimum atomic E-state index is -0.916. The zero-order valence-electron chi connectivity index (χ0n) is 18.7. The van der Waals surface area contributed by atoms with Gasteiger partial charge in [-0.1, -0.05) is 82.2 Å². The first kappa shape index (κ1) is 25.1. The van der Waals surface area contributed by atoms with Crippen LogP contribution in [0.15, 0.2) is 30.3 Å². The van der Waals surface area contributed by atoms with E-state index in [-0.39, 0.29) is 5.92 Å². The summed E-state index contributed by atoms with van der Waals surface area (Å²) >= 11 is 0. The molecular formula is C24H43NO3. The molecule has 0 aliphatic rings. The Bertz CT molecular complexity index is 454. The maximum atomic E-state index is 5.67. The van der Waals surface area contributed by atoms with E-state index in [1.807, 2.05) is 0 Å². The maximum absolute atomic E-state index is 5.67. The van der Waals surface area contributed by atoms with Crippen molar-refractivity contribution in [3.8, 4) is 0 Å². The Morgan fingerprint density at radius 1 is 0.786 bits per heavy atom. The van der Waals surface area contributed by atoms with Crippen molar-refractivity contribution in [1.29, 1.82) is 0 Å². The zero-order chi connectivity index (χ0) is 20.5. The van der Waals surface area contributed by atoms with E-state index in [4.69, 9.17) is 14.2 Å². The monoisotopic (exact) mass is 393 g/mol. The summed E-state index contributed by atoms with van der Waals surface area (Å²) in [5.74, 6) is -0.659. The number of ether oxygens (including phenoxy) is 3. The van der Waals surface area contributed by atoms with E-state index in [2.05, 4.69) is 42.6 Å². The highest BCUT2D eigenvalue weighted by Gasteiger charge is 2.39. The van der Waals surface area contributed by atoms with Crippen molar-refractivity contribution < 1.29 is 14.2 Å². The lowest BCUT2D eigenvalue weighted by atomic mass is 9.92. The topological polar surface area (TPSA) is 39.7 Å². The van der Waals surface area contributed by atoms with E-state index in [1.165, 1.54) is 44.1 Å². The molecule has 0 radical (unpaired) electrons. The highest BCUT2D eigenvalue weighted by Crippen LogP contribution is 2.32. The van der Waals surface area contributed by atoms with E-state index in [0.717, 1.165) is 38.8 Å². The molecule has 0 aliphatic carbocycles. The minimum absolute atomic E-state index is 0.257. The number of methoxy groups -OCH3 is 3. The first-order valence-corrected chi connectivity index (χ1v) is 11.1. The van der Waals surface area contributed by atoms with Crippen LogP contribution in [-0.2, 0) is 20.8 Å². The molecule has 1 aromatic rings. The van der Waals surface area contributed by atoms with E-state index in [1.54, 1.807) is 21.3 Å². The van der Waals surface area contributed by atoms with Crippen LogP contribution in [0.5, 0.6) is 0 Å². The van der Waals surface area contributed by atoms with Crippen LogP contribution >= 0.6 is 0 Å². The molecule has 28 heavy (non-hydrogen) atoms. The van der Waals surface area contributed by atoms with Gasteiger partial charge in [0.05, 0.1) is 0 Å². The predicted octanol–water partition coefficient (Wildman–Crippen LogP) is 5.91. The summed E-state index contributed by atoms with van der Waals surface area (Å²) in [7, 11) is 5.05. The maximum Gasteiger partial charge on any atom is 0.285 e. The Morgan fingerprint density at radius 3 is 1.96 bits per heavy atom. The van der Waals surface area contributed by atoms with E-state index >= 15 is 0 Å². The average Bonchev–Trinajstić information content (AvgIpc) is 2.74. The molecule has 1 atom stereocenters. The van der Waals surface area contributed by atoms with Gasteiger partial charge in [-0.25, -0.2) is 0 Å². The fraction of sp³-hybridized carbons (Fsp3) is 0.750. The van der Waals surface area contributed by atoms with Gasteiger partial charge in [-0.15, -0.1) is 0 Å². The van der Waals surface area contributed by atoms with Gasteiger partial charge in [-0.3, -0.25) is 0 Å². The molecule has 1 aromatic carbocycles. The highest BCUT2D eigenvalue weighted by atomic mass is 16.9. The number of nitrogens with one attached hydrogen (secondary N) is 1. The molecule has 1 rings (SSSR count). The number of unbranched alkanes of at least 4 members (excludes halogenated alkanes) is 6. The second-order valence-corrected chi connectivity index (χ2v) is 7.63. The molecule has 0 saturated carbocycles. The summed E-state index contributed by atoms with van der Waals surface area (Å²) in [5.41, 5.74) is 1.33. The summed E-state index contributed by atoms with van der Waals surface area (Å²) in [6.07, 6.45) is 12.2. The molecule has 4 heteroatoms. The lowest BCUT2D eigenvalue weighted by Gasteiger charge is -2.36. The molecule has 0 heterocycles. The van der Waals surface area contributed by atoms with E-state index < -0.39 is 5.97 Å². The smallest absolute Gasteiger partial charge is 0.285 e. The van der Waals surface area contributed by atoms with E-state index in [9.17, 15) is 0 Å². The first-order chi connectivity index (χ1) is 13.7. The van der Waals surface area contributed by atoms with Crippen molar-refractivity contribution in [2.45, 2.75) is 83.6 Å². The Kier molecular flexibility index (Phi) is 14.3. The second kappa shape index (κ2) is 15.9. The Hall–Kier alpha value is -0.940. The molecule has 4 nitrogen and oxygen atoms in total. The van der Waals surface area contributed by atoms with Crippen LogP contribution in [0.1, 0.15) is 76.7 Å². The van der Waals surface area contributed by atoms with Gasteiger partial charge in [0.1, 0.15) is 0 Å². The third-order valence-corrected chi connectivity index (χ3v) is 5.59. The van der Waals surface area contributed by atoms with Crippen molar-refractivity contribution in [3.63, 3.8) is 0 Å². The number of benzene rings is 1. The summed E-state index contributed by atoms with van der Waals surface area (Å²) in [4.78, 5) is 0. The van der Waals surface area contributed by atoms with Gasteiger partial charge in [0.2, 0.25) is 0 Å². The van der Waals surface area contributed by atoms with Gasteiger partial charge >= 0.3 is 0 Å². The fourth-order valence-corrected chi connectivity index (χ4v) is 3.89. The van der Waals surface area contributed by atoms with Gasteiger partial charge in [-0.05, 0) is 31.4 Å². The van der Waals surface area contributed by atoms with Crippen LogP contribution in [-0.4, -0.2) is 33.8 Å².